The van der Waals surface area contributed by atoms with Crippen molar-refractivity contribution in [2.75, 3.05) is 0 Å². The van der Waals surface area contributed by atoms with Crippen molar-refractivity contribution in [3.63, 3.8) is 0 Å². The molecule has 0 saturated heterocycles. The van der Waals surface area contributed by atoms with E-state index < -0.39 is 26.1 Å². The summed E-state index contributed by atoms with van der Waals surface area (Å²) in [5, 5.41) is 5.00. The van der Waals surface area contributed by atoms with Gasteiger partial charge in [-0.15, -0.1) is 0 Å². The highest BCUT2D eigenvalue weighted by molar-refractivity contribution is 9.10. The van der Waals surface area contributed by atoms with Crippen molar-refractivity contribution in [1.82, 2.24) is 4.72 Å². The predicted octanol–water partition coefficient (Wildman–Crippen LogP) is 3.44. The fraction of sp³-hybridized carbons (Fsp3) is 0.143. The minimum atomic E-state index is -4.05. The summed E-state index contributed by atoms with van der Waals surface area (Å²) in [6.07, 6.45) is 0. The van der Waals surface area contributed by atoms with E-state index in [-0.39, 0.29) is 19.8 Å². The van der Waals surface area contributed by atoms with Crippen LogP contribution in [0, 0.1) is 0 Å². The summed E-state index contributed by atoms with van der Waals surface area (Å²) < 4.78 is 51.1. The van der Waals surface area contributed by atoms with Gasteiger partial charge >= 0.3 is 0 Å². The molecule has 0 aliphatic heterocycles. The Bertz CT molecular complexity index is 1000. The normalized spacial score (nSPS) is 13.6. The van der Waals surface area contributed by atoms with Crippen LogP contribution in [0.4, 0.5) is 0 Å². The highest BCUT2D eigenvalue weighted by Gasteiger charge is 2.25. The van der Waals surface area contributed by atoms with Gasteiger partial charge in [-0.05, 0) is 36.8 Å². The highest BCUT2D eigenvalue weighted by atomic mass is 79.9. The van der Waals surface area contributed by atoms with Crippen LogP contribution >= 0.6 is 39.1 Å². The molecule has 2 aromatic rings. The van der Waals surface area contributed by atoms with Crippen LogP contribution in [0.15, 0.2) is 50.7 Å². The molecule has 0 saturated carbocycles. The number of nitrogens with one attached hydrogen (secondary N) is 1. The topological polar surface area (TPSA) is 106 Å². The molecule has 0 amide bonds. The van der Waals surface area contributed by atoms with Gasteiger partial charge in [-0.3, -0.25) is 0 Å². The van der Waals surface area contributed by atoms with Crippen molar-refractivity contribution < 1.29 is 16.8 Å². The van der Waals surface area contributed by atoms with Crippen molar-refractivity contribution in [2.45, 2.75) is 22.8 Å². The molecule has 2 rings (SSSR count). The first-order valence-corrected chi connectivity index (χ1v) is 11.3. The predicted molar refractivity (Wildman–Crippen MR) is 101 cm³/mol. The molecule has 1 atom stereocenters. The first-order valence-electron chi connectivity index (χ1n) is 6.71. The average Bonchev–Trinajstić information content (AvgIpc) is 2.44. The van der Waals surface area contributed by atoms with Crippen LogP contribution in [-0.4, -0.2) is 16.8 Å². The smallest absolute Gasteiger partial charge is 0.225 e. The van der Waals surface area contributed by atoms with E-state index in [1.807, 2.05) is 0 Å². The largest absolute Gasteiger partial charge is 0.244 e. The van der Waals surface area contributed by atoms with Crippen LogP contribution in [0.3, 0.4) is 0 Å². The molecular formula is C14H13BrCl2N2O4S2. The Kier molecular flexibility index (Phi) is 6.20. The minimum absolute atomic E-state index is 0.0441. The number of halogens is 3. The monoisotopic (exact) mass is 486 g/mol. The Morgan fingerprint density at radius 1 is 1.08 bits per heavy atom. The molecule has 11 heteroatoms. The zero-order chi connectivity index (χ0) is 19.0. The van der Waals surface area contributed by atoms with Gasteiger partial charge in [-0.1, -0.05) is 51.3 Å². The van der Waals surface area contributed by atoms with Crippen molar-refractivity contribution in [3.05, 3.63) is 56.5 Å². The fourth-order valence-electron chi connectivity index (χ4n) is 2.11. The number of sulfonamides is 2. The van der Waals surface area contributed by atoms with E-state index in [9.17, 15) is 16.8 Å². The van der Waals surface area contributed by atoms with Gasteiger partial charge in [0.2, 0.25) is 20.0 Å². The number of nitrogens with two attached hydrogens (primary N) is 1. The maximum Gasteiger partial charge on any atom is 0.244 e. The number of benzene rings is 2. The second-order valence-corrected chi connectivity index (χ2v) is 10.1. The van der Waals surface area contributed by atoms with Crippen LogP contribution in [0.25, 0.3) is 0 Å². The zero-order valence-electron chi connectivity index (χ0n) is 12.7. The summed E-state index contributed by atoms with van der Waals surface area (Å²) in [7, 11) is -7.95. The quantitative estimate of drug-likeness (QED) is 0.673. The van der Waals surface area contributed by atoms with Crippen molar-refractivity contribution in [3.8, 4) is 0 Å². The molecule has 136 valence electrons. The molecule has 2 aromatic carbocycles. The Morgan fingerprint density at radius 3 is 2.16 bits per heavy atom. The molecule has 0 aliphatic rings. The second kappa shape index (κ2) is 7.51. The average molecular weight is 488 g/mol. The highest BCUT2D eigenvalue weighted by Crippen LogP contribution is 2.33. The number of hydrogen-bond acceptors (Lipinski definition) is 4. The van der Waals surface area contributed by atoms with Gasteiger partial charge in [-0.25, -0.2) is 26.7 Å². The van der Waals surface area contributed by atoms with Gasteiger partial charge in [-0.2, -0.15) is 0 Å². The lowest BCUT2D eigenvalue weighted by Crippen LogP contribution is -2.27. The van der Waals surface area contributed by atoms with Crippen molar-refractivity contribution >= 4 is 59.2 Å². The third kappa shape index (κ3) is 4.94. The number of primary sulfonamides is 1. The summed E-state index contributed by atoms with van der Waals surface area (Å²) in [6, 6.07) is 7.74. The zero-order valence-corrected chi connectivity index (χ0v) is 17.4. The molecule has 0 heterocycles. The second-order valence-electron chi connectivity index (χ2n) is 5.16. The molecule has 0 aromatic heterocycles. The maximum atomic E-state index is 12.6. The summed E-state index contributed by atoms with van der Waals surface area (Å²) in [5.41, 5.74) is 0.416. The van der Waals surface area contributed by atoms with E-state index >= 15 is 0 Å². The standard InChI is InChI=1S/C14H13BrCl2N2O4S2/c1-8(9-3-2-4-11(5-9)24(18,20)21)19-25(22,23)14-12(16)6-10(15)7-13(14)17/h2-8,19H,1H3,(H2,18,20,21). The molecular weight excluding hydrogens is 475 g/mol. The molecule has 3 N–H and O–H groups in total. The SMILES string of the molecule is CC(NS(=O)(=O)c1c(Cl)cc(Br)cc1Cl)c1cccc(S(N)(=O)=O)c1. The van der Waals surface area contributed by atoms with E-state index in [4.69, 9.17) is 28.3 Å². The first kappa shape index (κ1) is 20.6. The van der Waals surface area contributed by atoms with Crippen LogP contribution in [0.1, 0.15) is 18.5 Å². The Labute approximate surface area is 164 Å². The van der Waals surface area contributed by atoms with Gasteiger partial charge in [0.1, 0.15) is 4.90 Å². The van der Waals surface area contributed by atoms with E-state index in [0.29, 0.717) is 10.0 Å². The lowest BCUT2D eigenvalue weighted by Gasteiger charge is -2.17. The van der Waals surface area contributed by atoms with Crippen molar-refractivity contribution in [1.29, 1.82) is 0 Å². The molecule has 0 bridgehead atoms. The van der Waals surface area contributed by atoms with Gasteiger partial charge in [0.15, 0.2) is 0 Å². The summed E-state index contributed by atoms with van der Waals surface area (Å²) in [4.78, 5) is -0.371. The van der Waals surface area contributed by atoms with Gasteiger partial charge in [0.25, 0.3) is 0 Å². The van der Waals surface area contributed by atoms with Gasteiger partial charge in [0.05, 0.1) is 14.9 Å². The molecule has 1 unspecified atom stereocenters. The van der Waals surface area contributed by atoms with Crippen LogP contribution in [-0.2, 0) is 20.0 Å². The van der Waals surface area contributed by atoms with E-state index in [1.54, 1.807) is 13.0 Å². The molecule has 0 spiro atoms. The molecule has 0 aliphatic carbocycles. The van der Waals surface area contributed by atoms with E-state index in [2.05, 4.69) is 20.7 Å². The number of hydrogen-bond donors (Lipinski definition) is 2. The lowest BCUT2D eigenvalue weighted by molar-refractivity contribution is 0.567. The Morgan fingerprint density at radius 2 is 1.64 bits per heavy atom. The summed E-state index contributed by atoms with van der Waals surface area (Å²) >= 11 is 15.2. The summed E-state index contributed by atoms with van der Waals surface area (Å²) in [5.74, 6) is 0. The minimum Gasteiger partial charge on any atom is -0.225 e. The fourth-order valence-corrected chi connectivity index (χ4v) is 5.84. The Balaban J connectivity index is 2.39. The summed E-state index contributed by atoms with van der Waals surface area (Å²) in [6.45, 7) is 1.56. The molecule has 25 heavy (non-hydrogen) atoms. The number of rotatable bonds is 5. The third-order valence-corrected chi connectivity index (χ3v) is 7.08. The van der Waals surface area contributed by atoms with E-state index in [0.717, 1.165) is 0 Å². The van der Waals surface area contributed by atoms with Crippen LogP contribution in [0.5, 0.6) is 0 Å². The van der Waals surface area contributed by atoms with E-state index in [1.165, 1.54) is 30.3 Å². The van der Waals surface area contributed by atoms with Gasteiger partial charge < -0.3 is 0 Å². The molecule has 0 fully saturated rings. The van der Waals surface area contributed by atoms with Crippen LogP contribution < -0.4 is 9.86 Å². The maximum absolute atomic E-state index is 12.6. The molecule has 6 nitrogen and oxygen atoms in total. The van der Waals surface area contributed by atoms with Crippen LogP contribution in [0.2, 0.25) is 10.0 Å². The van der Waals surface area contributed by atoms with Crippen molar-refractivity contribution in [2.24, 2.45) is 5.14 Å². The van der Waals surface area contributed by atoms with Gasteiger partial charge in [0, 0.05) is 10.5 Å². The first-order chi connectivity index (χ1) is 11.4. The Hall–Kier alpha value is -0.680. The molecule has 0 radical (unpaired) electrons. The third-order valence-electron chi connectivity index (χ3n) is 3.25. The lowest BCUT2D eigenvalue weighted by atomic mass is 10.1.